The number of benzene rings is 2. The Morgan fingerprint density at radius 2 is 1.86 bits per heavy atom. The van der Waals surface area contributed by atoms with E-state index in [1.807, 2.05) is 13.0 Å². The number of halogens is 1. The number of nitrogens with zero attached hydrogens (tertiary/aromatic N) is 1. The Balaban J connectivity index is 2.07. The van der Waals surface area contributed by atoms with Gasteiger partial charge in [0.2, 0.25) is 0 Å². The fourth-order valence-electron chi connectivity index (χ4n) is 3.63. The number of hydrogen-bond acceptors (Lipinski definition) is 2. The highest BCUT2D eigenvalue weighted by Crippen LogP contribution is 2.33. The maximum Gasteiger partial charge on any atom is 0.306 e. The van der Waals surface area contributed by atoms with Crippen molar-refractivity contribution in [3.05, 3.63) is 63.8 Å². The maximum atomic E-state index is 11.4. The molecule has 148 valence electrons. The highest BCUT2D eigenvalue weighted by Gasteiger charge is 2.23. The lowest BCUT2D eigenvalue weighted by molar-refractivity contribution is -0.142. The number of carbonyl (C=O) groups is 1. The Labute approximate surface area is 174 Å². The fourth-order valence-corrected chi connectivity index (χ4v) is 3.90. The normalized spacial score (nSPS) is 13.5. The zero-order valence-electron chi connectivity index (χ0n) is 16.7. The van der Waals surface area contributed by atoms with Crippen molar-refractivity contribution < 1.29 is 14.6 Å². The van der Waals surface area contributed by atoms with Crippen molar-refractivity contribution in [2.75, 3.05) is 7.11 Å². The SMILES string of the molecule is COc1ccc2c(c1)c(C[C@H](C)[C@@H](C)C(=O)O)c(C)n2Cc1ccc(Br)cc1. The third-order valence-electron chi connectivity index (χ3n) is 5.68. The molecule has 0 amide bonds. The smallest absolute Gasteiger partial charge is 0.306 e. The molecule has 0 aliphatic rings. The van der Waals surface area contributed by atoms with E-state index < -0.39 is 11.9 Å². The Hall–Kier alpha value is -2.27. The largest absolute Gasteiger partial charge is 0.497 e. The van der Waals surface area contributed by atoms with Crippen LogP contribution < -0.4 is 4.74 Å². The average molecular weight is 444 g/mol. The van der Waals surface area contributed by atoms with Gasteiger partial charge in [-0.05, 0) is 60.7 Å². The lowest BCUT2D eigenvalue weighted by Crippen LogP contribution is -2.20. The molecule has 0 saturated carbocycles. The Morgan fingerprint density at radius 3 is 2.46 bits per heavy atom. The van der Waals surface area contributed by atoms with Gasteiger partial charge < -0.3 is 14.4 Å². The van der Waals surface area contributed by atoms with Crippen molar-refractivity contribution in [1.82, 2.24) is 4.57 Å². The summed E-state index contributed by atoms with van der Waals surface area (Å²) < 4.78 is 8.81. The van der Waals surface area contributed by atoms with E-state index in [4.69, 9.17) is 4.74 Å². The quantitative estimate of drug-likeness (QED) is 0.511. The molecule has 0 spiro atoms. The number of carboxylic acid groups (broad SMARTS) is 1. The summed E-state index contributed by atoms with van der Waals surface area (Å²) in [5, 5.41) is 10.5. The molecule has 0 unspecified atom stereocenters. The summed E-state index contributed by atoms with van der Waals surface area (Å²) in [5.41, 5.74) is 4.74. The first-order valence-electron chi connectivity index (χ1n) is 9.44. The van der Waals surface area contributed by atoms with Crippen LogP contribution in [0.4, 0.5) is 0 Å². The van der Waals surface area contributed by atoms with Crippen LogP contribution in [0.15, 0.2) is 46.9 Å². The van der Waals surface area contributed by atoms with Crippen LogP contribution in [0.25, 0.3) is 10.9 Å². The molecule has 3 aromatic rings. The van der Waals surface area contributed by atoms with E-state index in [1.54, 1.807) is 14.0 Å². The van der Waals surface area contributed by atoms with E-state index in [2.05, 4.69) is 63.8 Å². The molecule has 2 atom stereocenters. The zero-order valence-corrected chi connectivity index (χ0v) is 18.3. The molecule has 0 radical (unpaired) electrons. The number of aromatic nitrogens is 1. The number of aliphatic carboxylic acids is 1. The summed E-state index contributed by atoms with van der Waals surface area (Å²) in [4.78, 5) is 11.4. The summed E-state index contributed by atoms with van der Waals surface area (Å²) in [6.45, 7) is 6.68. The molecule has 4 nitrogen and oxygen atoms in total. The summed E-state index contributed by atoms with van der Waals surface area (Å²) in [5.74, 6) is -0.293. The standard InChI is InChI=1S/C23H26BrNO3/c1-14(15(2)23(26)27)11-20-16(3)25(13-17-5-7-18(24)8-6-17)22-10-9-19(28-4)12-21(20)22/h5-10,12,14-15H,11,13H2,1-4H3,(H,26,27)/t14-,15+/m0/s1. The molecule has 1 heterocycles. The molecule has 3 rings (SSSR count). The van der Waals surface area contributed by atoms with Gasteiger partial charge in [-0.15, -0.1) is 0 Å². The Bertz CT molecular complexity index is 991. The van der Waals surface area contributed by atoms with Gasteiger partial charge in [-0.2, -0.15) is 0 Å². The molecular formula is C23H26BrNO3. The van der Waals surface area contributed by atoms with Gasteiger partial charge >= 0.3 is 5.97 Å². The summed E-state index contributed by atoms with van der Waals surface area (Å²) in [6, 6.07) is 14.5. The highest BCUT2D eigenvalue weighted by atomic mass is 79.9. The van der Waals surface area contributed by atoms with Crippen LogP contribution in [0.3, 0.4) is 0 Å². The number of carboxylic acids is 1. The first kappa shape index (κ1) is 20.5. The van der Waals surface area contributed by atoms with E-state index in [0.29, 0.717) is 0 Å². The molecule has 0 aliphatic carbocycles. The van der Waals surface area contributed by atoms with Crippen LogP contribution in [-0.2, 0) is 17.8 Å². The number of hydrogen-bond donors (Lipinski definition) is 1. The number of methoxy groups -OCH3 is 1. The second-order valence-electron chi connectivity index (χ2n) is 7.47. The van der Waals surface area contributed by atoms with Gasteiger partial charge in [0.15, 0.2) is 0 Å². The molecule has 5 heteroatoms. The van der Waals surface area contributed by atoms with Gasteiger partial charge in [-0.1, -0.05) is 41.9 Å². The van der Waals surface area contributed by atoms with Gasteiger partial charge in [0, 0.05) is 27.6 Å². The minimum Gasteiger partial charge on any atom is -0.497 e. The minimum atomic E-state index is -0.749. The summed E-state index contributed by atoms with van der Waals surface area (Å²) in [7, 11) is 1.67. The average Bonchev–Trinajstić information content (AvgIpc) is 2.93. The van der Waals surface area contributed by atoms with Crippen molar-refractivity contribution in [1.29, 1.82) is 0 Å². The molecule has 1 N–H and O–H groups in total. The van der Waals surface area contributed by atoms with Gasteiger partial charge in [-0.25, -0.2) is 0 Å². The number of rotatable bonds is 7. The summed E-state index contributed by atoms with van der Waals surface area (Å²) in [6.07, 6.45) is 0.719. The molecule has 0 aliphatic heterocycles. The number of fused-ring (bicyclic) bond motifs is 1. The Morgan fingerprint density at radius 1 is 1.18 bits per heavy atom. The number of ether oxygens (including phenoxy) is 1. The van der Waals surface area contributed by atoms with E-state index in [0.717, 1.165) is 34.1 Å². The molecule has 0 fully saturated rings. The van der Waals surface area contributed by atoms with Gasteiger partial charge in [0.1, 0.15) is 5.75 Å². The van der Waals surface area contributed by atoms with Crippen molar-refractivity contribution >= 4 is 32.8 Å². The Kier molecular flexibility index (Phi) is 6.14. The van der Waals surface area contributed by atoms with Gasteiger partial charge in [0.25, 0.3) is 0 Å². The molecule has 0 bridgehead atoms. The second-order valence-corrected chi connectivity index (χ2v) is 8.38. The monoisotopic (exact) mass is 443 g/mol. The zero-order chi connectivity index (χ0) is 20.4. The third-order valence-corrected chi connectivity index (χ3v) is 6.21. The lowest BCUT2D eigenvalue weighted by atomic mass is 9.89. The van der Waals surface area contributed by atoms with Crippen LogP contribution in [0, 0.1) is 18.8 Å². The summed E-state index contributed by atoms with van der Waals surface area (Å²) >= 11 is 3.49. The van der Waals surface area contributed by atoms with E-state index in [-0.39, 0.29) is 5.92 Å². The second kappa shape index (κ2) is 8.39. The lowest BCUT2D eigenvalue weighted by Gasteiger charge is -2.16. The third kappa shape index (κ3) is 4.09. The van der Waals surface area contributed by atoms with Crippen molar-refractivity contribution in [3.8, 4) is 5.75 Å². The molecule has 28 heavy (non-hydrogen) atoms. The first-order chi connectivity index (χ1) is 13.3. The molecule has 0 saturated heterocycles. The highest BCUT2D eigenvalue weighted by molar-refractivity contribution is 9.10. The van der Waals surface area contributed by atoms with E-state index >= 15 is 0 Å². The van der Waals surface area contributed by atoms with Crippen LogP contribution in [0.2, 0.25) is 0 Å². The van der Waals surface area contributed by atoms with Crippen molar-refractivity contribution in [2.45, 2.75) is 33.7 Å². The van der Waals surface area contributed by atoms with E-state index in [9.17, 15) is 9.90 Å². The van der Waals surface area contributed by atoms with Gasteiger partial charge in [-0.3, -0.25) is 4.79 Å². The molecule has 2 aromatic carbocycles. The fraction of sp³-hybridized carbons (Fsp3) is 0.348. The first-order valence-corrected chi connectivity index (χ1v) is 10.2. The van der Waals surface area contributed by atoms with E-state index in [1.165, 1.54) is 16.8 Å². The predicted molar refractivity (Wildman–Crippen MR) is 116 cm³/mol. The van der Waals surface area contributed by atoms with Gasteiger partial charge in [0.05, 0.1) is 13.0 Å². The molecule has 1 aromatic heterocycles. The van der Waals surface area contributed by atoms with Crippen molar-refractivity contribution in [3.63, 3.8) is 0 Å². The van der Waals surface area contributed by atoms with Crippen LogP contribution >= 0.6 is 15.9 Å². The topological polar surface area (TPSA) is 51.5 Å². The predicted octanol–water partition coefficient (Wildman–Crippen LogP) is 5.67. The van der Waals surface area contributed by atoms with Crippen LogP contribution in [0.1, 0.15) is 30.7 Å². The van der Waals surface area contributed by atoms with Crippen molar-refractivity contribution in [2.24, 2.45) is 11.8 Å². The van der Waals surface area contributed by atoms with Crippen LogP contribution in [0.5, 0.6) is 5.75 Å². The maximum absolute atomic E-state index is 11.4. The molecular weight excluding hydrogens is 418 g/mol. The minimum absolute atomic E-state index is 0.0362. The van der Waals surface area contributed by atoms with Crippen LogP contribution in [-0.4, -0.2) is 22.8 Å².